The molecule has 0 aliphatic rings. The number of rotatable bonds is 5. The van der Waals surface area contributed by atoms with E-state index in [0.717, 1.165) is 21.2 Å². The van der Waals surface area contributed by atoms with Gasteiger partial charge in [-0.05, 0) is 53.6 Å². The average molecular weight is 474 g/mol. The fourth-order valence-corrected chi connectivity index (χ4v) is 5.90. The number of benzene rings is 3. The molecule has 0 atom stereocenters. The number of fused-ring (bicyclic) bond motifs is 1. The first kappa shape index (κ1) is 21.8. The van der Waals surface area contributed by atoms with Gasteiger partial charge in [0, 0.05) is 20.9 Å². The molecule has 0 bridgehead atoms. The summed E-state index contributed by atoms with van der Waals surface area (Å²) >= 11 is 7.68. The molecule has 3 nitrogen and oxygen atoms in total. The Morgan fingerprint density at radius 3 is 2.29 bits per heavy atom. The molecule has 0 amide bonds. The van der Waals surface area contributed by atoms with Gasteiger partial charge in [0.15, 0.2) is 0 Å². The minimum atomic E-state index is -3.61. The molecule has 1 heterocycles. The standard InChI is InChI=1S/C24H21ClFNO2S2/c1-24(2,16-7-9-18(26)10-8-16)17-5-4-6-19(13-17)27(31(3,28)29)20-11-12-21-22(25)15-30-23(21)14-20/h4-15H,1-3H3. The summed E-state index contributed by atoms with van der Waals surface area (Å²) in [6.07, 6.45) is 1.19. The topological polar surface area (TPSA) is 37.4 Å². The minimum Gasteiger partial charge on any atom is -0.239 e. The molecule has 0 N–H and O–H groups in total. The zero-order valence-corrected chi connectivity index (χ0v) is 19.7. The molecular formula is C24H21ClFNO2S2. The van der Waals surface area contributed by atoms with Crippen molar-refractivity contribution >= 4 is 54.4 Å². The average Bonchev–Trinajstić information content (AvgIpc) is 3.08. The van der Waals surface area contributed by atoms with Crippen molar-refractivity contribution in [1.29, 1.82) is 0 Å². The Morgan fingerprint density at radius 2 is 1.61 bits per heavy atom. The van der Waals surface area contributed by atoms with Crippen LogP contribution in [0.3, 0.4) is 0 Å². The lowest BCUT2D eigenvalue weighted by atomic mass is 9.78. The van der Waals surface area contributed by atoms with Gasteiger partial charge in [-0.2, -0.15) is 0 Å². The molecule has 4 aromatic rings. The number of halogens is 2. The molecule has 0 saturated heterocycles. The van der Waals surface area contributed by atoms with Gasteiger partial charge in [0.1, 0.15) is 5.82 Å². The van der Waals surface area contributed by atoms with E-state index in [2.05, 4.69) is 0 Å². The fraction of sp³-hybridized carbons (Fsp3) is 0.167. The summed E-state index contributed by atoms with van der Waals surface area (Å²) in [6, 6.07) is 19.3. The van der Waals surface area contributed by atoms with Gasteiger partial charge < -0.3 is 0 Å². The van der Waals surface area contributed by atoms with Crippen molar-refractivity contribution in [1.82, 2.24) is 0 Å². The normalized spacial score (nSPS) is 12.3. The Balaban J connectivity index is 1.82. The molecule has 0 unspecified atom stereocenters. The number of sulfonamides is 1. The van der Waals surface area contributed by atoms with E-state index in [1.165, 1.54) is 34.0 Å². The van der Waals surface area contributed by atoms with Gasteiger partial charge in [0.05, 0.1) is 22.7 Å². The molecule has 0 aliphatic carbocycles. The van der Waals surface area contributed by atoms with E-state index in [4.69, 9.17) is 11.6 Å². The molecule has 0 saturated carbocycles. The maximum Gasteiger partial charge on any atom is 0.236 e. The summed E-state index contributed by atoms with van der Waals surface area (Å²) in [4.78, 5) is 0. The van der Waals surface area contributed by atoms with Crippen LogP contribution in [-0.2, 0) is 15.4 Å². The third-order valence-corrected chi connectivity index (χ3v) is 7.92. The van der Waals surface area contributed by atoms with Gasteiger partial charge in [-0.3, -0.25) is 0 Å². The van der Waals surface area contributed by atoms with Gasteiger partial charge in [-0.15, -0.1) is 11.3 Å². The van der Waals surface area contributed by atoms with Crippen molar-refractivity contribution in [2.45, 2.75) is 19.3 Å². The highest BCUT2D eigenvalue weighted by atomic mass is 35.5. The van der Waals surface area contributed by atoms with Crippen LogP contribution in [-0.4, -0.2) is 14.7 Å². The molecule has 31 heavy (non-hydrogen) atoms. The van der Waals surface area contributed by atoms with Gasteiger partial charge in [0.2, 0.25) is 10.0 Å². The highest BCUT2D eigenvalue weighted by molar-refractivity contribution is 7.92. The maximum absolute atomic E-state index is 13.4. The van der Waals surface area contributed by atoms with E-state index in [1.807, 2.05) is 49.6 Å². The lowest BCUT2D eigenvalue weighted by Gasteiger charge is -2.29. The molecule has 3 aromatic carbocycles. The summed E-state index contributed by atoms with van der Waals surface area (Å²) in [5.74, 6) is -0.291. The number of thiophene rings is 1. The lowest BCUT2D eigenvalue weighted by molar-refractivity contribution is 0.601. The summed E-state index contributed by atoms with van der Waals surface area (Å²) in [5, 5.41) is 3.39. The van der Waals surface area contributed by atoms with Crippen LogP contribution in [0.5, 0.6) is 0 Å². The van der Waals surface area contributed by atoms with Crippen molar-refractivity contribution in [2.75, 3.05) is 10.6 Å². The van der Waals surface area contributed by atoms with Crippen LogP contribution in [0.4, 0.5) is 15.8 Å². The first-order valence-electron chi connectivity index (χ1n) is 9.61. The minimum absolute atomic E-state index is 0.291. The lowest BCUT2D eigenvalue weighted by Crippen LogP contribution is -2.25. The Labute approximate surface area is 190 Å². The van der Waals surface area contributed by atoms with Crippen LogP contribution >= 0.6 is 22.9 Å². The van der Waals surface area contributed by atoms with Crippen molar-refractivity contribution < 1.29 is 12.8 Å². The van der Waals surface area contributed by atoms with Crippen molar-refractivity contribution in [3.05, 3.63) is 94.1 Å². The monoisotopic (exact) mass is 473 g/mol. The Morgan fingerprint density at radius 1 is 0.935 bits per heavy atom. The van der Waals surface area contributed by atoms with Crippen LogP contribution in [0.2, 0.25) is 5.02 Å². The first-order chi connectivity index (χ1) is 14.6. The second-order valence-electron chi connectivity index (χ2n) is 7.97. The van der Waals surface area contributed by atoms with Crippen LogP contribution in [0.1, 0.15) is 25.0 Å². The van der Waals surface area contributed by atoms with Crippen LogP contribution < -0.4 is 4.31 Å². The van der Waals surface area contributed by atoms with Crippen LogP contribution in [0, 0.1) is 5.82 Å². The second kappa shape index (κ2) is 7.93. The summed E-state index contributed by atoms with van der Waals surface area (Å²) in [5.41, 5.74) is 2.50. The molecule has 4 rings (SSSR count). The number of anilines is 2. The molecular weight excluding hydrogens is 453 g/mol. The molecule has 1 aromatic heterocycles. The summed E-state index contributed by atoms with van der Waals surface area (Å²) < 4.78 is 41.3. The van der Waals surface area contributed by atoms with Crippen LogP contribution in [0.15, 0.2) is 72.1 Å². The largest absolute Gasteiger partial charge is 0.239 e. The van der Waals surface area contributed by atoms with Crippen LogP contribution in [0.25, 0.3) is 10.1 Å². The highest BCUT2D eigenvalue weighted by Crippen LogP contribution is 2.38. The third-order valence-electron chi connectivity index (χ3n) is 5.45. The number of hydrogen-bond acceptors (Lipinski definition) is 3. The van der Waals surface area contributed by atoms with Crippen molar-refractivity contribution in [2.24, 2.45) is 0 Å². The SMILES string of the molecule is CC(C)(c1ccc(F)cc1)c1cccc(N(c2ccc3c(Cl)csc3c2)S(C)(=O)=O)c1. The van der Waals surface area contributed by atoms with Gasteiger partial charge in [-0.25, -0.2) is 17.1 Å². The van der Waals surface area contributed by atoms with Crippen molar-refractivity contribution in [3.8, 4) is 0 Å². The number of hydrogen-bond donors (Lipinski definition) is 0. The first-order valence-corrected chi connectivity index (χ1v) is 12.7. The van der Waals surface area contributed by atoms with E-state index < -0.39 is 15.4 Å². The molecule has 0 spiro atoms. The molecule has 7 heteroatoms. The molecule has 160 valence electrons. The van der Waals surface area contributed by atoms with Gasteiger partial charge in [-0.1, -0.05) is 49.7 Å². The van der Waals surface area contributed by atoms with E-state index in [9.17, 15) is 12.8 Å². The van der Waals surface area contributed by atoms with Crippen molar-refractivity contribution in [3.63, 3.8) is 0 Å². The molecule has 0 fully saturated rings. The predicted octanol–water partition coefficient (Wildman–Crippen LogP) is 7.12. The maximum atomic E-state index is 13.4. The van der Waals surface area contributed by atoms with Gasteiger partial charge >= 0.3 is 0 Å². The van der Waals surface area contributed by atoms with E-state index in [0.29, 0.717) is 16.4 Å². The molecule has 0 aliphatic heterocycles. The van der Waals surface area contributed by atoms with E-state index in [1.54, 1.807) is 24.3 Å². The third kappa shape index (κ3) is 4.20. The zero-order valence-electron chi connectivity index (χ0n) is 17.3. The highest BCUT2D eigenvalue weighted by Gasteiger charge is 2.26. The summed E-state index contributed by atoms with van der Waals surface area (Å²) in [7, 11) is -3.61. The Hall–Kier alpha value is -2.41. The van der Waals surface area contributed by atoms with E-state index >= 15 is 0 Å². The Bertz CT molecular complexity index is 1360. The Kier molecular flexibility index (Phi) is 5.58. The molecule has 0 radical (unpaired) electrons. The summed E-state index contributed by atoms with van der Waals surface area (Å²) in [6.45, 7) is 4.06. The predicted molar refractivity (Wildman–Crippen MR) is 129 cm³/mol. The zero-order chi connectivity index (χ0) is 22.4. The van der Waals surface area contributed by atoms with Gasteiger partial charge in [0.25, 0.3) is 0 Å². The smallest absolute Gasteiger partial charge is 0.236 e. The second-order valence-corrected chi connectivity index (χ2v) is 11.1. The van der Waals surface area contributed by atoms with E-state index in [-0.39, 0.29) is 5.82 Å². The fourth-order valence-electron chi connectivity index (χ4n) is 3.70. The quantitative estimate of drug-likeness (QED) is 0.309. The number of nitrogens with zero attached hydrogens (tertiary/aromatic N) is 1.